The fraction of sp³-hybridized carbons (Fsp3) is 0.0909. The van der Waals surface area contributed by atoms with Crippen LogP contribution in [0.1, 0.15) is 43.0 Å². The van der Waals surface area contributed by atoms with Crippen LogP contribution in [0, 0.1) is 25.7 Å². The summed E-state index contributed by atoms with van der Waals surface area (Å²) in [5.74, 6) is 4.43. The van der Waals surface area contributed by atoms with Gasteiger partial charge in [0, 0.05) is 55.7 Å². The third kappa shape index (κ3) is 7.30. The summed E-state index contributed by atoms with van der Waals surface area (Å²) in [7, 11) is 0. The van der Waals surface area contributed by atoms with Gasteiger partial charge in [-0.3, -0.25) is 0 Å². The molecule has 0 unspecified atom stereocenters. The van der Waals surface area contributed by atoms with E-state index in [0.29, 0.717) is 11.5 Å². The zero-order chi connectivity index (χ0) is 42.0. The number of hydrogen-bond acceptors (Lipinski definition) is 5. The second-order valence-electron chi connectivity index (χ2n) is 17.1. The molecule has 310 valence electrons. The van der Waals surface area contributed by atoms with Crippen LogP contribution in [0.4, 0.5) is 17.1 Å². The summed E-state index contributed by atoms with van der Waals surface area (Å²) >= 11 is 0. The number of ether oxygens (including phenoxy) is 1. The summed E-state index contributed by atoms with van der Waals surface area (Å²) < 4.78 is 8.85. The molecule has 3 aliphatic rings. The van der Waals surface area contributed by atoms with Gasteiger partial charge in [0.25, 0.3) is 0 Å². The molecule has 2 aromatic heterocycles. The largest absolute Gasteiger partial charge is 0.509 e. The van der Waals surface area contributed by atoms with E-state index in [4.69, 9.17) is 9.72 Å². The minimum atomic E-state index is -0.0633. The topological polar surface area (TPSA) is 36.8 Å². The van der Waals surface area contributed by atoms with Crippen molar-refractivity contribution in [3.8, 4) is 17.3 Å². The van der Waals surface area contributed by atoms with E-state index < -0.39 is 0 Å². The maximum Gasteiger partial charge on any atom is 0.335 e. The molecule has 3 aliphatic heterocycles. The predicted molar refractivity (Wildman–Crippen MR) is 255 cm³/mol. The first kappa shape index (κ1) is 40.3. The van der Waals surface area contributed by atoms with E-state index in [9.17, 15) is 0 Å². The minimum Gasteiger partial charge on any atom is -0.509 e. The summed E-state index contributed by atoms with van der Waals surface area (Å²) in [6.45, 7) is 11.0. The number of pyridine rings is 1. The van der Waals surface area contributed by atoms with Crippen molar-refractivity contribution in [1.82, 2.24) is 14.4 Å². The van der Waals surface area contributed by atoms with Gasteiger partial charge in [-0.05, 0) is 106 Å². The van der Waals surface area contributed by atoms with Gasteiger partial charge in [-0.2, -0.15) is 12.1 Å². The molecule has 0 bridgehead atoms. The first-order valence-corrected chi connectivity index (χ1v) is 21.1. The standard InChI is InChI=1S/C55H43BN5O.Pt/c1-38-21-23-40(24-22-38)46-29-32-58-31-28-41(39-13-6-5-7-14-39)36-56(58)54(46)60-37-59(50-19-10-11-20-51(50)60)43-15-12-16-44(34-43)62-45-25-26-48-47-17-8-9-18-49(47)61(52(48)35-45)53-33-42(27-30-57-53)55(2,3)4;/h5-33,36-37H,1-4H3;/q-3;. The molecule has 8 heteroatoms. The second kappa shape index (κ2) is 16.1. The van der Waals surface area contributed by atoms with Crippen LogP contribution >= 0.6 is 0 Å². The van der Waals surface area contributed by atoms with Crippen molar-refractivity contribution in [3.05, 3.63) is 229 Å². The fourth-order valence-corrected chi connectivity index (χ4v) is 8.84. The molecule has 6 aromatic carbocycles. The number of para-hydroxylation sites is 3. The third-order valence-electron chi connectivity index (χ3n) is 12.0. The Balaban J connectivity index is 0.00000471. The molecule has 6 nitrogen and oxygen atoms in total. The number of rotatable bonds is 7. The molecule has 0 spiro atoms. The first-order chi connectivity index (χ1) is 30.3. The Kier molecular flexibility index (Phi) is 10.3. The Morgan fingerprint density at radius 3 is 2.21 bits per heavy atom. The van der Waals surface area contributed by atoms with Gasteiger partial charge >= 0.3 is 6.85 Å². The quantitative estimate of drug-likeness (QED) is 0.117. The molecule has 0 amide bonds. The van der Waals surface area contributed by atoms with Crippen LogP contribution in [0.2, 0.25) is 0 Å². The monoisotopic (exact) mass is 995 g/mol. The van der Waals surface area contributed by atoms with E-state index in [1.807, 2.05) is 24.4 Å². The van der Waals surface area contributed by atoms with Gasteiger partial charge in [0.15, 0.2) is 0 Å². The van der Waals surface area contributed by atoms with Crippen molar-refractivity contribution in [2.24, 2.45) is 0 Å². The van der Waals surface area contributed by atoms with Crippen LogP contribution in [0.15, 0.2) is 188 Å². The number of anilines is 3. The van der Waals surface area contributed by atoms with Gasteiger partial charge in [-0.1, -0.05) is 123 Å². The van der Waals surface area contributed by atoms with Crippen LogP contribution in [0.5, 0.6) is 11.5 Å². The average molecular weight is 996 g/mol. The van der Waals surface area contributed by atoms with Gasteiger partial charge in [0.05, 0.1) is 0 Å². The van der Waals surface area contributed by atoms with E-state index in [2.05, 4.69) is 224 Å². The molecule has 63 heavy (non-hydrogen) atoms. The van der Waals surface area contributed by atoms with E-state index in [1.165, 1.54) is 33.4 Å². The fourth-order valence-electron chi connectivity index (χ4n) is 8.84. The molecule has 0 atom stereocenters. The Morgan fingerprint density at radius 1 is 0.667 bits per heavy atom. The van der Waals surface area contributed by atoms with Crippen LogP contribution in [0.25, 0.3) is 38.8 Å². The third-order valence-corrected chi connectivity index (χ3v) is 12.0. The molecule has 11 rings (SSSR count). The zero-order valence-electron chi connectivity index (χ0n) is 35.4. The van der Waals surface area contributed by atoms with Crippen molar-refractivity contribution in [1.29, 1.82) is 0 Å². The number of fused-ring (bicyclic) bond motifs is 5. The zero-order valence-corrected chi connectivity index (χ0v) is 37.7. The molecule has 5 heterocycles. The van der Waals surface area contributed by atoms with Gasteiger partial charge < -0.3 is 23.9 Å². The molecule has 0 N–H and O–H groups in total. The van der Waals surface area contributed by atoms with Crippen LogP contribution in [-0.2, 0) is 26.5 Å². The molecular weight excluding hydrogens is 953 g/mol. The molecule has 0 aliphatic carbocycles. The summed E-state index contributed by atoms with van der Waals surface area (Å²) in [4.78, 5) is 11.7. The molecular formula is C55H43BN5OPt-3. The van der Waals surface area contributed by atoms with E-state index in [0.717, 1.165) is 50.3 Å². The van der Waals surface area contributed by atoms with Crippen molar-refractivity contribution < 1.29 is 25.8 Å². The van der Waals surface area contributed by atoms with Crippen LogP contribution in [-0.4, -0.2) is 21.2 Å². The second-order valence-corrected chi connectivity index (χ2v) is 17.1. The summed E-state index contributed by atoms with van der Waals surface area (Å²) in [5, 5.41) is 2.23. The Labute approximate surface area is 384 Å². The van der Waals surface area contributed by atoms with Gasteiger partial charge in [0.2, 0.25) is 0 Å². The number of nitrogens with zero attached hydrogens (tertiary/aromatic N) is 5. The summed E-state index contributed by atoms with van der Waals surface area (Å²) in [6, 6.07) is 58.2. The van der Waals surface area contributed by atoms with Gasteiger partial charge in [0.1, 0.15) is 5.82 Å². The van der Waals surface area contributed by atoms with Gasteiger partial charge in [-0.15, -0.1) is 48.1 Å². The minimum absolute atomic E-state index is 0. The first-order valence-electron chi connectivity index (χ1n) is 21.1. The van der Waals surface area contributed by atoms with Crippen molar-refractivity contribution in [2.45, 2.75) is 33.1 Å². The maximum atomic E-state index is 6.65. The number of aromatic nitrogens is 2. The Morgan fingerprint density at radius 2 is 1.40 bits per heavy atom. The summed E-state index contributed by atoms with van der Waals surface area (Å²) in [5.41, 5.74) is 13.3. The van der Waals surface area contributed by atoms with Crippen molar-refractivity contribution in [2.75, 3.05) is 9.80 Å². The number of benzene rings is 6. The number of allylic oxidation sites excluding steroid dienone is 4. The average Bonchev–Trinajstić information content (AvgIpc) is 3.85. The SMILES string of the molecule is Cc1ccc(C2=C(N3[CH-]N(c4[c-]c(Oc5[c-]c6c(cc5)c5ccccc5n6-c5cc(C(C)(C)C)ccn5)ccc4)c4ccccc43)B3C=C(c4ccccc4)C=CN3C=C2)cc1.[Pt]. The van der Waals surface area contributed by atoms with Crippen molar-refractivity contribution in [3.63, 3.8) is 0 Å². The van der Waals surface area contributed by atoms with E-state index in [-0.39, 0.29) is 33.3 Å². The smallest absolute Gasteiger partial charge is 0.335 e. The number of hydrogen-bond donors (Lipinski definition) is 0. The molecule has 8 aromatic rings. The van der Waals surface area contributed by atoms with E-state index in [1.54, 1.807) is 0 Å². The summed E-state index contributed by atoms with van der Waals surface area (Å²) in [6.07, 6.45) is 10.7. The molecule has 0 saturated heterocycles. The normalized spacial score (nSPS) is 14.6. The van der Waals surface area contributed by atoms with Crippen molar-refractivity contribution >= 4 is 56.9 Å². The van der Waals surface area contributed by atoms with E-state index >= 15 is 0 Å². The molecule has 0 saturated carbocycles. The molecule has 0 fully saturated rings. The Hall–Kier alpha value is -6.82. The number of aryl methyl sites for hydroxylation is 1. The van der Waals surface area contributed by atoms with Crippen LogP contribution < -0.4 is 14.5 Å². The maximum absolute atomic E-state index is 6.65. The van der Waals surface area contributed by atoms with Crippen LogP contribution in [0.3, 0.4) is 0 Å². The predicted octanol–water partition coefficient (Wildman–Crippen LogP) is 13.2. The van der Waals surface area contributed by atoms with Gasteiger partial charge in [-0.25, -0.2) is 4.98 Å². The molecule has 0 radical (unpaired) electrons. The Bertz CT molecular complexity index is 3160.